The van der Waals surface area contributed by atoms with E-state index in [9.17, 15) is 0 Å². The van der Waals surface area contributed by atoms with Gasteiger partial charge in [0.05, 0.1) is 0 Å². The van der Waals surface area contributed by atoms with Crippen molar-refractivity contribution in [3.05, 3.63) is 21.9 Å². The molecule has 1 aromatic heterocycles. The highest BCUT2D eigenvalue weighted by Gasteiger charge is 2.25. The van der Waals surface area contributed by atoms with Gasteiger partial charge in [0.15, 0.2) is 0 Å². The molecule has 0 aliphatic carbocycles. The highest BCUT2D eigenvalue weighted by atomic mass is 32.1. The topological polar surface area (TPSA) is 12.0 Å². The first-order chi connectivity index (χ1) is 6.86. The minimum atomic E-state index is 0.625. The van der Waals surface area contributed by atoms with Crippen molar-refractivity contribution < 1.29 is 0 Å². The maximum atomic E-state index is 3.67. The van der Waals surface area contributed by atoms with Crippen LogP contribution in [-0.4, -0.2) is 6.54 Å². The van der Waals surface area contributed by atoms with E-state index in [0.29, 0.717) is 6.04 Å². The summed E-state index contributed by atoms with van der Waals surface area (Å²) >= 11 is 1.93. The van der Waals surface area contributed by atoms with Crippen molar-refractivity contribution in [1.82, 2.24) is 5.32 Å². The summed E-state index contributed by atoms with van der Waals surface area (Å²) in [6, 6.07) is 2.94. The molecule has 0 bridgehead atoms. The first kappa shape index (κ1) is 10.2. The molecule has 1 N–H and O–H groups in total. The van der Waals surface area contributed by atoms with Crippen LogP contribution >= 0.6 is 11.3 Å². The summed E-state index contributed by atoms with van der Waals surface area (Å²) in [7, 11) is 0. The minimum Gasteiger partial charge on any atom is -0.309 e. The van der Waals surface area contributed by atoms with Crippen molar-refractivity contribution in [2.75, 3.05) is 6.54 Å². The fourth-order valence-electron chi connectivity index (χ4n) is 2.46. The SMILES string of the molecule is CCC(CC)C1NCCc2sccc21. The molecule has 78 valence electrons. The number of thiophene rings is 1. The lowest BCUT2D eigenvalue weighted by molar-refractivity contribution is 0.331. The van der Waals surface area contributed by atoms with E-state index in [-0.39, 0.29) is 0 Å². The first-order valence-corrected chi connectivity index (χ1v) is 6.54. The van der Waals surface area contributed by atoms with Crippen LogP contribution in [0.5, 0.6) is 0 Å². The van der Waals surface area contributed by atoms with Gasteiger partial charge in [-0.15, -0.1) is 11.3 Å². The maximum Gasteiger partial charge on any atom is 0.0359 e. The summed E-state index contributed by atoms with van der Waals surface area (Å²) < 4.78 is 0. The second kappa shape index (κ2) is 4.45. The monoisotopic (exact) mass is 209 g/mol. The smallest absolute Gasteiger partial charge is 0.0359 e. The highest BCUT2D eigenvalue weighted by molar-refractivity contribution is 7.10. The Hall–Kier alpha value is -0.340. The number of hydrogen-bond acceptors (Lipinski definition) is 2. The largest absolute Gasteiger partial charge is 0.309 e. The fraction of sp³-hybridized carbons (Fsp3) is 0.667. The van der Waals surface area contributed by atoms with E-state index in [4.69, 9.17) is 0 Å². The molecule has 0 radical (unpaired) electrons. The number of hydrogen-bond donors (Lipinski definition) is 1. The molecule has 0 saturated heterocycles. The molecule has 1 unspecified atom stereocenters. The van der Waals surface area contributed by atoms with E-state index < -0.39 is 0 Å². The van der Waals surface area contributed by atoms with Crippen LogP contribution < -0.4 is 5.32 Å². The van der Waals surface area contributed by atoms with Crippen molar-refractivity contribution in [2.24, 2.45) is 5.92 Å². The third-order valence-corrected chi connectivity index (χ3v) is 4.35. The van der Waals surface area contributed by atoms with Crippen LogP contribution in [0.4, 0.5) is 0 Å². The Labute approximate surface area is 90.5 Å². The maximum absolute atomic E-state index is 3.67. The molecule has 2 rings (SSSR count). The molecule has 1 nitrogen and oxygen atoms in total. The normalized spacial score (nSPS) is 21.2. The molecule has 0 fully saturated rings. The van der Waals surface area contributed by atoms with E-state index in [0.717, 1.165) is 12.5 Å². The molecular weight excluding hydrogens is 190 g/mol. The summed E-state index contributed by atoms with van der Waals surface area (Å²) in [4.78, 5) is 1.61. The van der Waals surface area contributed by atoms with Gasteiger partial charge >= 0.3 is 0 Å². The molecular formula is C12H19NS. The second-order valence-corrected chi connectivity index (χ2v) is 5.06. The van der Waals surface area contributed by atoms with Gasteiger partial charge in [-0.3, -0.25) is 0 Å². The highest BCUT2D eigenvalue weighted by Crippen LogP contribution is 2.34. The summed E-state index contributed by atoms with van der Waals surface area (Å²) in [6.07, 6.45) is 3.79. The Morgan fingerprint density at radius 2 is 2.29 bits per heavy atom. The van der Waals surface area contributed by atoms with Gasteiger partial charge in [0.1, 0.15) is 0 Å². The zero-order valence-electron chi connectivity index (χ0n) is 9.05. The lowest BCUT2D eigenvalue weighted by Gasteiger charge is -2.30. The van der Waals surface area contributed by atoms with Gasteiger partial charge in [-0.05, 0) is 29.3 Å². The molecule has 1 aliphatic heterocycles. The Balaban J connectivity index is 2.22. The van der Waals surface area contributed by atoms with Crippen molar-refractivity contribution in [3.8, 4) is 0 Å². The van der Waals surface area contributed by atoms with Crippen LogP contribution in [0.15, 0.2) is 11.4 Å². The molecule has 2 heteroatoms. The Morgan fingerprint density at radius 3 is 3.00 bits per heavy atom. The van der Waals surface area contributed by atoms with Crippen molar-refractivity contribution in [3.63, 3.8) is 0 Å². The van der Waals surface area contributed by atoms with Gasteiger partial charge in [0.2, 0.25) is 0 Å². The van der Waals surface area contributed by atoms with Crippen LogP contribution in [0.2, 0.25) is 0 Å². The van der Waals surface area contributed by atoms with Crippen LogP contribution in [0.1, 0.15) is 43.2 Å². The summed E-state index contributed by atoms with van der Waals surface area (Å²) in [5, 5.41) is 5.91. The predicted molar refractivity (Wildman–Crippen MR) is 62.8 cm³/mol. The number of rotatable bonds is 3. The third-order valence-electron chi connectivity index (χ3n) is 3.35. The zero-order chi connectivity index (χ0) is 9.97. The van der Waals surface area contributed by atoms with Crippen LogP contribution in [-0.2, 0) is 6.42 Å². The number of fused-ring (bicyclic) bond motifs is 1. The predicted octanol–water partition coefficient (Wildman–Crippen LogP) is 3.37. The standard InChI is InChI=1S/C12H19NS/c1-3-9(4-2)12-10-6-8-14-11(10)5-7-13-12/h6,8-9,12-13H,3-5,7H2,1-2H3. The lowest BCUT2D eigenvalue weighted by Crippen LogP contribution is -2.33. The van der Waals surface area contributed by atoms with E-state index in [2.05, 4.69) is 30.6 Å². The Bertz CT molecular complexity index is 288. The van der Waals surface area contributed by atoms with E-state index in [1.807, 2.05) is 11.3 Å². The Morgan fingerprint density at radius 1 is 1.50 bits per heavy atom. The summed E-state index contributed by atoms with van der Waals surface area (Å²) in [5.74, 6) is 0.809. The van der Waals surface area contributed by atoms with Crippen LogP contribution in [0.25, 0.3) is 0 Å². The third kappa shape index (κ3) is 1.73. The molecule has 0 spiro atoms. The quantitative estimate of drug-likeness (QED) is 0.805. The molecule has 1 aromatic rings. The lowest BCUT2D eigenvalue weighted by atomic mass is 9.87. The summed E-state index contributed by atoms with van der Waals surface area (Å²) in [6.45, 7) is 5.77. The molecule has 1 atom stereocenters. The second-order valence-electron chi connectivity index (χ2n) is 4.06. The van der Waals surface area contributed by atoms with Crippen molar-refractivity contribution >= 4 is 11.3 Å². The zero-order valence-corrected chi connectivity index (χ0v) is 9.86. The van der Waals surface area contributed by atoms with Gasteiger partial charge in [0, 0.05) is 17.5 Å². The average molecular weight is 209 g/mol. The molecule has 14 heavy (non-hydrogen) atoms. The molecule has 1 aliphatic rings. The Kier molecular flexibility index (Phi) is 3.24. The van der Waals surface area contributed by atoms with Gasteiger partial charge < -0.3 is 5.32 Å². The number of nitrogens with one attached hydrogen (secondary N) is 1. The summed E-state index contributed by atoms with van der Waals surface area (Å²) in [5.41, 5.74) is 1.58. The molecule has 0 saturated carbocycles. The molecule has 2 heterocycles. The first-order valence-electron chi connectivity index (χ1n) is 5.66. The minimum absolute atomic E-state index is 0.625. The molecule has 0 amide bonds. The van der Waals surface area contributed by atoms with E-state index in [1.54, 1.807) is 10.4 Å². The average Bonchev–Trinajstić information content (AvgIpc) is 2.68. The van der Waals surface area contributed by atoms with Gasteiger partial charge in [0.25, 0.3) is 0 Å². The van der Waals surface area contributed by atoms with Gasteiger partial charge in [-0.25, -0.2) is 0 Å². The van der Waals surface area contributed by atoms with Crippen molar-refractivity contribution in [2.45, 2.75) is 39.2 Å². The van der Waals surface area contributed by atoms with Crippen molar-refractivity contribution in [1.29, 1.82) is 0 Å². The van der Waals surface area contributed by atoms with Crippen LogP contribution in [0, 0.1) is 5.92 Å². The van der Waals surface area contributed by atoms with Crippen LogP contribution in [0.3, 0.4) is 0 Å². The van der Waals surface area contributed by atoms with Gasteiger partial charge in [-0.1, -0.05) is 26.7 Å². The molecule has 0 aromatic carbocycles. The van der Waals surface area contributed by atoms with E-state index >= 15 is 0 Å². The van der Waals surface area contributed by atoms with Gasteiger partial charge in [-0.2, -0.15) is 0 Å². The van der Waals surface area contributed by atoms with E-state index in [1.165, 1.54) is 19.3 Å². The fourth-order valence-corrected chi connectivity index (χ4v) is 3.39.